The molecule has 12 rings (SSSR count). The van der Waals surface area contributed by atoms with Gasteiger partial charge in [-0.15, -0.1) is 0 Å². The molecule has 61 heavy (non-hydrogen) atoms. The number of hydrogen-bond acceptors (Lipinski definition) is 3. The molecule has 2 aliphatic rings. The molecule has 2 aromatic heterocycles. The minimum atomic E-state index is -0.228. The number of nitrogens with zero attached hydrogens (tertiary/aromatic N) is 1. The van der Waals surface area contributed by atoms with Crippen molar-refractivity contribution in [3.8, 4) is 56.0 Å². The predicted octanol–water partition coefficient (Wildman–Crippen LogP) is 16.3. The van der Waals surface area contributed by atoms with Gasteiger partial charge in [-0.3, -0.25) is 0 Å². The maximum atomic E-state index is 7.12. The van der Waals surface area contributed by atoms with Gasteiger partial charge in [-0.1, -0.05) is 161 Å². The predicted molar refractivity (Wildman–Crippen MR) is 252 cm³/mol. The molecule has 0 unspecified atom stereocenters. The SMILES string of the molecule is CC1(C)c2ccccc2-c2ccc(N(c3ccc(-c4ccc5c(c4)oc4ccccc45)cc3)c3cccc(-c4oc5c(c4-c4ccccc4)C(C)(C)c4ccccc4-5)c3)cc21. The van der Waals surface area contributed by atoms with E-state index in [0.29, 0.717) is 0 Å². The third-order valence-corrected chi connectivity index (χ3v) is 13.5. The van der Waals surface area contributed by atoms with Crippen LogP contribution < -0.4 is 4.90 Å². The van der Waals surface area contributed by atoms with Crippen LogP contribution in [0.15, 0.2) is 197 Å². The number of para-hydroxylation sites is 1. The zero-order valence-corrected chi connectivity index (χ0v) is 34.7. The lowest BCUT2D eigenvalue weighted by atomic mass is 9.79. The van der Waals surface area contributed by atoms with Crippen molar-refractivity contribution in [1.29, 1.82) is 0 Å². The Morgan fingerprint density at radius 2 is 0.984 bits per heavy atom. The second kappa shape index (κ2) is 13.1. The van der Waals surface area contributed by atoms with Crippen LogP contribution in [0.25, 0.3) is 78.0 Å². The van der Waals surface area contributed by atoms with Gasteiger partial charge in [0.1, 0.15) is 22.7 Å². The molecule has 2 aliphatic carbocycles. The van der Waals surface area contributed by atoms with E-state index in [1.165, 1.54) is 38.9 Å². The first-order chi connectivity index (χ1) is 29.8. The van der Waals surface area contributed by atoms with Crippen LogP contribution in [0, 0.1) is 0 Å². The van der Waals surface area contributed by atoms with Crippen molar-refractivity contribution < 1.29 is 8.83 Å². The van der Waals surface area contributed by atoms with Crippen LogP contribution in [-0.2, 0) is 10.8 Å². The zero-order valence-electron chi connectivity index (χ0n) is 34.7. The van der Waals surface area contributed by atoms with E-state index in [1.807, 2.05) is 12.1 Å². The van der Waals surface area contributed by atoms with Crippen molar-refractivity contribution in [2.45, 2.75) is 38.5 Å². The van der Waals surface area contributed by atoms with E-state index in [2.05, 4.69) is 209 Å². The Bertz CT molecular complexity index is 3360. The van der Waals surface area contributed by atoms with Gasteiger partial charge in [-0.25, -0.2) is 0 Å². The number of hydrogen-bond donors (Lipinski definition) is 0. The van der Waals surface area contributed by atoms with Gasteiger partial charge in [-0.2, -0.15) is 0 Å². The number of furan rings is 2. The van der Waals surface area contributed by atoms with Crippen LogP contribution in [0.2, 0.25) is 0 Å². The molecule has 0 radical (unpaired) electrons. The monoisotopic (exact) mass is 785 g/mol. The van der Waals surface area contributed by atoms with E-state index >= 15 is 0 Å². The molecule has 0 amide bonds. The van der Waals surface area contributed by atoms with E-state index in [1.54, 1.807) is 0 Å². The second-order valence-corrected chi connectivity index (χ2v) is 17.7. The topological polar surface area (TPSA) is 29.5 Å². The van der Waals surface area contributed by atoms with Gasteiger partial charge in [0, 0.05) is 60.9 Å². The fourth-order valence-electron chi connectivity index (χ4n) is 10.4. The molecule has 2 heterocycles. The lowest BCUT2D eigenvalue weighted by Gasteiger charge is -2.28. The summed E-state index contributed by atoms with van der Waals surface area (Å²) in [5.41, 5.74) is 19.3. The van der Waals surface area contributed by atoms with Crippen molar-refractivity contribution in [3.63, 3.8) is 0 Å². The van der Waals surface area contributed by atoms with Crippen molar-refractivity contribution >= 4 is 39.0 Å². The van der Waals surface area contributed by atoms with Crippen LogP contribution >= 0.6 is 0 Å². The molecule has 0 saturated carbocycles. The standard InChI is InChI=1S/C58H43NO2/c1-57(2)48-22-11-8-19-43(48)44-32-30-42(35-50(44)57)59(40-28-25-36(26-29-40)38-27-31-46-45-20-10-13-24-51(45)60-52(46)34-38)41-18-14-17-39(33-41)55-53(37-15-6-5-7-16-37)54-56(61-55)47-21-9-12-23-49(47)58(54,3)4/h5-35H,1-4H3. The summed E-state index contributed by atoms with van der Waals surface area (Å²) in [7, 11) is 0. The van der Waals surface area contributed by atoms with Crippen molar-refractivity contribution in [1.82, 2.24) is 0 Å². The van der Waals surface area contributed by atoms with Gasteiger partial charge in [0.25, 0.3) is 0 Å². The summed E-state index contributed by atoms with van der Waals surface area (Å²) in [5.74, 6) is 1.86. The number of rotatable bonds is 6. The average molecular weight is 786 g/mol. The Kier molecular flexibility index (Phi) is 7.62. The van der Waals surface area contributed by atoms with Crippen LogP contribution in [0.3, 0.4) is 0 Å². The summed E-state index contributed by atoms with van der Waals surface area (Å²) >= 11 is 0. The molecule has 0 aliphatic heterocycles. The van der Waals surface area contributed by atoms with Gasteiger partial charge in [-0.05, 0) is 99.1 Å². The van der Waals surface area contributed by atoms with E-state index in [9.17, 15) is 0 Å². The molecular formula is C58H43NO2. The Balaban J connectivity index is 1.02. The Labute approximate surface area is 356 Å². The highest BCUT2D eigenvalue weighted by molar-refractivity contribution is 6.06. The lowest BCUT2D eigenvalue weighted by Crippen LogP contribution is -2.16. The Morgan fingerprint density at radius 1 is 0.361 bits per heavy atom. The lowest BCUT2D eigenvalue weighted by molar-refractivity contribution is 0.593. The molecule has 0 N–H and O–H groups in total. The molecule has 10 aromatic rings. The molecule has 0 bridgehead atoms. The fraction of sp³-hybridized carbons (Fsp3) is 0.103. The van der Waals surface area contributed by atoms with Crippen molar-refractivity contribution in [3.05, 3.63) is 210 Å². The van der Waals surface area contributed by atoms with Crippen LogP contribution in [0.4, 0.5) is 17.1 Å². The molecular weight excluding hydrogens is 743 g/mol. The average Bonchev–Trinajstić information content (AvgIpc) is 4.01. The fourth-order valence-corrected chi connectivity index (χ4v) is 10.4. The first-order valence-electron chi connectivity index (χ1n) is 21.2. The van der Waals surface area contributed by atoms with Crippen molar-refractivity contribution in [2.24, 2.45) is 0 Å². The quantitative estimate of drug-likeness (QED) is 0.168. The second-order valence-electron chi connectivity index (χ2n) is 17.7. The van der Waals surface area contributed by atoms with Gasteiger partial charge >= 0.3 is 0 Å². The largest absolute Gasteiger partial charge is 0.456 e. The highest BCUT2D eigenvalue weighted by Gasteiger charge is 2.42. The molecule has 0 saturated heterocycles. The highest BCUT2D eigenvalue weighted by Crippen LogP contribution is 2.57. The first kappa shape index (κ1) is 35.6. The number of benzene rings is 8. The van der Waals surface area contributed by atoms with E-state index in [4.69, 9.17) is 8.83 Å². The Morgan fingerprint density at radius 3 is 1.80 bits per heavy atom. The van der Waals surface area contributed by atoms with Crippen LogP contribution in [0.5, 0.6) is 0 Å². The summed E-state index contributed by atoms with van der Waals surface area (Å²) in [6, 6.07) is 67.9. The van der Waals surface area contributed by atoms with Gasteiger partial charge < -0.3 is 13.7 Å². The maximum absolute atomic E-state index is 7.12. The molecule has 292 valence electrons. The summed E-state index contributed by atoms with van der Waals surface area (Å²) in [6.07, 6.45) is 0. The van der Waals surface area contributed by atoms with Crippen LogP contribution in [0.1, 0.15) is 49.9 Å². The number of anilines is 3. The van der Waals surface area contributed by atoms with E-state index in [-0.39, 0.29) is 10.8 Å². The van der Waals surface area contributed by atoms with Crippen molar-refractivity contribution in [2.75, 3.05) is 4.90 Å². The normalized spacial score (nSPS) is 14.2. The minimum Gasteiger partial charge on any atom is -0.456 e. The summed E-state index contributed by atoms with van der Waals surface area (Å²) in [4.78, 5) is 2.40. The van der Waals surface area contributed by atoms with E-state index < -0.39 is 0 Å². The third-order valence-electron chi connectivity index (χ3n) is 13.5. The molecule has 0 fully saturated rings. The molecule has 8 aromatic carbocycles. The minimum absolute atomic E-state index is 0.142. The van der Waals surface area contributed by atoms with Crippen LogP contribution in [-0.4, -0.2) is 0 Å². The van der Waals surface area contributed by atoms with E-state index in [0.717, 1.165) is 78.3 Å². The summed E-state index contributed by atoms with van der Waals surface area (Å²) in [6.45, 7) is 9.35. The maximum Gasteiger partial charge on any atom is 0.143 e. The first-order valence-corrected chi connectivity index (χ1v) is 21.2. The smallest absolute Gasteiger partial charge is 0.143 e. The molecule has 0 spiro atoms. The third kappa shape index (κ3) is 5.30. The van der Waals surface area contributed by atoms with Gasteiger partial charge in [0.2, 0.25) is 0 Å². The number of fused-ring (bicyclic) bond motifs is 9. The summed E-state index contributed by atoms with van der Waals surface area (Å²) < 4.78 is 13.4. The van der Waals surface area contributed by atoms with Gasteiger partial charge in [0.15, 0.2) is 0 Å². The Hall–Kier alpha value is -7.36. The molecule has 3 nitrogen and oxygen atoms in total. The van der Waals surface area contributed by atoms with Gasteiger partial charge in [0.05, 0.1) is 0 Å². The summed E-state index contributed by atoms with van der Waals surface area (Å²) in [5, 5.41) is 2.27. The highest BCUT2D eigenvalue weighted by atomic mass is 16.3. The zero-order chi connectivity index (χ0) is 41.0. The molecule has 3 heteroatoms. The molecule has 0 atom stereocenters.